The Morgan fingerprint density at radius 2 is 1.86 bits per heavy atom. The Balaban J connectivity index is 2.40. The van der Waals surface area contributed by atoms with Crippen LogP contribution in [0.1, 0.15) is 31.0 Å². The van der Waals surface area contributed by atoms with Gasteiger partial charge in [0.2, 0.25) is 0 Å². The number of carbonyl (C=O) groups excluding carboxylic acids is 1. The zero-order valence-corrected chi connectivity index (χ0v) is 12.6. The predicted octanol–water partition coefficient (Wildman–Crippen LogP) is 3.04. The Kier molecular flexibility index (Phi) is 4.62. The van der Waals surface area contributed by atoms with E-state index in [2.05, 4.69) is 0 Å². The maximum atomic E-state index is 12.2. The standard InChI is InChI=1S/C16H20N2O3/c1-4-5-10-21-16(20)17-13(3)11-15(19)18(17)14-8-6-12(2)7-9-14/h6-9,11H,4-5,10H2,1-3H3. The molecule has 0 atom stereocenters. The van der Waals surface area contributed by atoms with Crippen LogP contribution in [-0.2, 0) is 4.74 Å². The van der Waals surface area contributed by atoms with E-state index in [1.54, 1.807) is 6.92 Å². The van der Waals surface area contributed by atoms with Gasteiger partial charge in [-0.2, -0.15) is 4.68 Å². The van der Waals surface area contributed by atoms with E-state index in [0.29, 0.717) is 18.0 Å². The van der Waals surface area contributed by atoms with Gasteiger partial charge in [0.15, 0.2) is 0 Å². The Labute approximate surface area is 123 Å². The second kappa shape index (κ2) is 6.43. The molecule has 1 aromatic heterocycles. The molecule has 1 heterocycles. The number of rotatable bonds is 4. The van der Waals surface area contributed by atoms with Gasteiger partial charge in [0.25, 0.3) is 5.56 Å². The van der Waals surface area contributed by atoms with Crippen molar-refractivity contribution in [2.45, 2.75) is 33.6 Å². The van der Waals surface area contributed by atoms with Crippen molar-refractivity contribution in [3.8, 4) is 5.69 Å². The largest absolute Gasteiger partial charge is 0.448 e. The SMILES string of the molecule is CCCCOC(=O)n1c(C)cc(=O)n1-c1ccc(C)cc1. The quantitative estimate of drug-likeness (QED) is 0.813. The number of hydrogen-bond acceptors (Lipinski definition) is 3. The molecule has 0 amide bonds. The van der Waals surface area contributed by atoms with Crippen molar-refractivity contribution in [2.75, 3.05) is 6.61 Å². The molecular formula is C16H20N2O3. The van der Waals surface area contributed by atoms with Crippen LogP contribution in [0.2, 0.25) is 0 Å². The monoisotopic (exact) mass is 288 g/mol. The maximum absolute atomic E-state index is 12.2. The van der Waals surface area contributed by atoms with E-state index < -0.39 is 6.09 Å². The zero-order chi connectivity index (χ0) is 15.4. The van der Waals surface area contributed by atoms with E-state index in [-0.39, 0.29) is 5.56 Å². The summed E-state index contributed by atoms with van der Waals surface area (Å²) in [6.07, 6.45) is 1.23. The van der Waals surface area contributed by atoms with E-state index in [1.165, 1.54) is 15.4 Å². The first-order valence-electron chi connectivity index (χ1n) is 7.10. The van der Waals surface area contributed by atoms with E-state index in [0.717, 1.165) is 18.4 Å². The number of unbranched alkanes of at least 4 members (excludes halogenated alkanes) is 1. The van der Waals surface area contributed by atoms with E-state index in [1.807, 2.05) is 38.1 Å². The number of carbonyl (C=O) groups is 1. The normalized spacial score (nSPS) is 10.6. The molecule has 21 heavy (non-hydrogen) atoms. The molecule has 0 aliphatic carbocycles. The van der Waals surface area contributed by atoms with Gasteiger partial charge in [0.05, 0.1) is 18.0 Å². The van der Waals surface area contributed by atoms with Crippen molar-refractivity contribution in [3.05, 3.63) is 51.9 Å². The minimum Gasteiger partial charge on any atom is -0.448 e. The van der Waals surface area contributed by atoms with Gasteiger partial charge in [-0.15, -0.1) is 0 Å². The second-order valence-electron chi connectivity index (χ2n) is 5.05. The predicted molar refractivity (Wildman–Crippen MR) is 81.2 cm³/mol. The third kappa shape index (κ3) is 3.24. The van der Waals surface area contributed by atoms with Gasteiger partial charge < -0.3 is 4.74 Å². The molecule has 0 N–H and O–H groups in total. The van der Waals surface area contributed by atoms with Crippen LogP contribution in [0.3, 0.4) is 0 Å². The molecule has 0 radical (unpaired) electrons. The maximum Gasteiger partial charge on any atom is 0.433 e. The number of benzene rings is 1. The summed E-state index contributed by atoms with van der Waals surface area (Å²) in [6, 6.07) is 8.85. The Bertz CT molecular complexity index is 681. The summed E-state index contributed by atoms with van der Waals surface area (Å²) >= 11 is 0. The molecule has 0 spiro atoms. The van der Waals surface area contributed by atoms with Crippen LogP contribution in [0.15, 0.2) is 35.1 Å². The van der Waals surface area contributed by atoms with E-state index in [4.69, 9.17) is 4.74 Å². The van der Waals surface area contributed by atoms with Crippen LogP contribution in [0.5, 0.6) is 0 Å². The molecular weight excluding hydrogens is 268 g/mol. The fourth-order valence-electron chi connectivity index (χ4n) is 2.08. The summed E-state index contributed by atoms with van der Waals surface area (Å²) in [5.74, 6) is 0. The third-order valence-corrected chi connectivity index (χ3v) is 3.25. The van der Waals surface area contributed by atoms with Crippen LogP contribution in [0.4, 0.5) is 4.79 Å². The van der Waals surface area contributed by atoms with Gasteiger partial charge in [-0.1, -0.05) is 31.0 Å². The minimum atomic E-state index is -0.524. The highest BCUT2D eigenvalue weighted by atomic mass is 16.6. The molecule has 112 valence electrons. The van der Waals surface area contributed by atoms with Crippen molar-refractivity contribution in [3.63, 3.8) is 0 Å². The lowest BCUT2D eigenvalue weighted by atomic mass is 10.2. The number of nitrogens with zero attached hydrogens (tertiary/aromatic N) is 2. The molecule has 0 saturated carbocycles. The third-order valence-electron chi connectivity index (χ3n) is 3.25. The molecule has 0 bridgehead atoms. The molecule has 1 aromatic carbocycles. The molecule has 0 saturated heterocycles. The van der Waals surface area contributed by atoms with Gasteiger partial charge in [-0.25, -0.2) is 9.48 Å². The molecule has 0 aliphatic rings. The molecule has 0 fully saturated rings. The zero-order valence-electron chi connectivity index (χ0n) is 12.6. The summed E-state index contributed by atoms with van der Waals surface area (Å²) in [6.45, 7) is 6.06. The fourth-order valence-corrected chi connectivity index (χ4v) is 2.08. The molecule has 0 aliphatic heterocycles. The van der Waals surface area contributed by atoms with Crippen LogP contribution >= 0.6 is 0 Å². The number of aromatic nitrogens is 2. The number of ether oxygens (including phenoxy) is 1. The van der Waals surface area contributed by atoms with Crippen LogP contribution in [-0.4, -0.2) is 22.1 Å². The average Bonchev–Trinajstić information content (AvgIpc) is 2.74. The fraction of sp³-hybridized carbons (Fsp3) is 0.375. The van der Waals surface area contributed by atoms with Gasteiger partial charge in [0.1, 0.15) is 0 Å². The lowest BCUT2D eigenvalue weighted by Crippen LogP contribution is -2.27. The summed E-state index contributed by atoms with van der Waals surface area (Å²) in [4.78, 5) is 24.3. The van der Waals surface area contributed by atoms with Crippen LogP contribution < -0.4 is 5.56 Å². The Morgan fingerprint density at radius 3 is 2.48 bits per heavy atom. The summed E-state index contributed by atoms with van der Waals surface area (Å²) in [5, 5.41) is 0. The van der Waals surface area contributed by atoms with E-state index in [9.17, 15) is 9.59 Å². The summed E-state index contributed by atoms with van der Waals surface area (Å²) in [7, 11) is 0. The first-order valence-corrected chi connectivity index (χ1v) is 7.10. The first-order chi connectivity index (χ1) is 10.0. The topological polar surface area (TPSA) is 53.2 Å². The van der Waals surface area contributed by atoms with Crippen molar-refractivity contribution in [1.29, 1.82) is 0 Å². The molecule has 5 heteroatoms. The Morgan fingerprint density at radius 1 is 1.19 bits per heavy atom. The summed E-state index contributed by atoms with van der Waals surface area (Å²) < 4.78 is 7.83. The lowest BCUT2D eigenvalue weighted by Gasteiger charge is -2.12. The molecule has 2 rings (SSSR count). The molecule has 0 unspecified atom stereocenters. The molecule has 2 aromatic rings. The van der Waals surface area contributed by atoms with Crippen molar-refractivity contribution in [2.24, 2.45) is 0 Å². The van der Waals surface area contributed by atoms with Crippen molar-refractivity contribution in [1.82, 2.24) is 9.36 Å². The smallest absolute Gasteiger partial charge is 0.433 e. The second-order valence-corrected chi connectivity index (χ2v) is 5.05. The van der Waals surface area contributed by atoms with Crippen LogP contribution in [0.25, 0.3) is 5.69 Å². The van der Waals surface area contributed by atoms with Crippen LogP contribution in [0, 0.1) is 13.8 Å². The van der Waals surface area contributed by atoms with Gasteiger partial charge >= 0.3 is 6.09 Å². The highest BCUT2D eigenvalue weighted by molar-refractivity contribution is 5.71. The number of hydrogen-bond donors (Lipinski definition) is 0. The highest BCUT2D eigenvalue weighted by Gasteiger charge is 2.17. The Hall–Kier alpha value is -2.30. The van der Waals surface area contributed by atoms with Gasteiger partial charge in [0, 0.05) is 6.07 Å². The average molecular weight is 288 g/mol. The number of aryl methyl sites for hydroxylation is 2. The molecule has 5 nitrogen and oxygen atoms in total. The summed E-state index contributed by atoms with van der Waals surface area (Å²) in [5.41, 5.74) is 2.05. The van der Waals surface area contributed by atoms with E-state index >= 15 is 0 Å². The van der Waals surface area contributed by atoms with Gasteiger partial charge in [-0.3, -0.25) is 4.79 Å². The van der Waals surface area contributed by atoms with Crippen molar-refractivity contribution >= 4 is 6.09 Å². The minimum absolute atomic E-state index is 0.246. The lowest BCUT2D eigenvalue weighted by molar-refractivity contribution is 0.140. The highest BCUT2D eigenvalue weighted by Crippen LogP contribution is 2.10. The first kappa shape index (κ1) is 15.1. The van der Waals surface area contributed by atoms with Gasteiger partial charge in [-0.05, 0) is 32.4 Å². The van der Waals surface area contributed by atoms with Crippen molar-refractivity contribution < 1.29 is 9.53 Å².